The van der Waals surface area contributed by atoms with Gasteiger partial charge in [0.25, 0.3) is 5.91 Å². The second-order valence-electron chi connectivity index (χ2n) is 5.79. The lowest BCUT2D eigenvalue weighted by Crippen LogP contribution is -2.37. The Hall–Kier alpha value is -0.900. The third-order valence-corrected chi connectivity index (χ3v) is 5.55. The van der Waals surface area contributed by atoms with Crippen LogP contribution in [0, 0.1) is 12.8 Å². The number of carbonyl (C=O) groups is 1. The molecule has 20 heavy (non-hydrogen) atoms. The largest absolute Gasteiger partial charge is 0.348 e. The van der Waals surface area contributed by atoms with Crippen molar-refractivity contribution >= 4 is 17.2 Å². The van der Waals surface area contributed by atoms with E-state index in [1.807, 2.05) is 6.92 Å². The molecular formula is C16H26N2OS. The average Bonchev–Trinajstić information content (AvgIpc) is 3.02. The highest BCUT2D eigenvalue weighted by molar-refractivity contribution is 7.13. The molecule has 1 aromatic heterocycles. The van der Waals surface area contributed by atoms with Crippen LogP contribution in [0.2, 0.25) is 0 Å². The van der Waals surface area contributed by atoms with Crippen LogP contribution in [0.15, 0.2) is 0 Å². The highest BCUT2D eigenvalue weighted by atomic mass is 32.1. The van der Waals surface area contributed by atoms with E-state index in [0.717, 1.165) is 28.4 Å². The van der Waals surface area contributed by atoms with Crippen molar-refractivity contribution in [1.29, 1.82) is 0 Å². The van der Waals surface area contributed by atoms with Gasteiger partial charge in [-0.2, -0.15) is 0 Å². The van der Waals surface area contributed by atoms with Gasteiger partial charge in [0.05, 0.1) is 10.7 Å². The number of thiazole rings is 1. The summed E-state index contributed by atoms with van der Waals surface area (Å²) in [7, 11) is 0. The molecule has 0 bridgehead atoms. The van der Waals surface area contributed by atoms with Crippen LogP contribution < -0.4 is 5.32 Å². The maximum Gasteiger partial charge on any atom is 0.263 e. The van der Waals surface area contributed by atoms with Crippen molar-refractivity contribution in [3.63, 3.8) is 0 Å². The molecule has 0 saturated heterocycles. The summed E-state index contributed by atoms with van der Waals surface area (Å²) in [6.07, 6.45) is 8.33. The summed E-state index contributed by atoms with van der Waals surface area (Å²) in [5, 5.41) is 4.32. The van der Waals surface area contributed by atoms with Gasteiger partial charge in [0.1, 0.15) is 4.88 Å². The summed E-state index contributed by atoms with van der Waals surface area (Å²) in [6, 6.07) is 0.376. The first-order chi connectivity index (χ1) is 9.65. The Morgan fingerprint density at radius 3 is 2.85 bits per heavy atom. The van der Waals surface area contributed by atoms with Crippen molar-refractivity contribution in [2.45, 2.75) is 71.8 Å². The molecule has 1 heterocycles. The number of nitrogens with one attached hydrogen (secondary N) is 1. The first kappa shape index (κ1) is 15.5. The zero-order valence-corrected chi connectivity index (χ0v) is 13.7. The molecule has 3 nitrogen and oxygen atoms in total. The Kier molecular flexibility index (Phi) is 5.58. The predicted molar refractivity (Wildman–Crippen MR) is 84.3 cm³/mol. The van der Waals surface area contributed by atoms with Gasteiger partial charge < -0.3 is 5.32 Å². The van der Waals surface area contributed by atoms with Crippen molar-refractivity contribution in [3.8, 4) is 0 Å². The zero-order chi connectivity index (χ0) is 14.5. The molecule has 0 radical (unpaired) electrons. The first-order valence-corrected chi connectivity index (χ1v) is 8.74. The Labute approximate surface area is 126 Å². The Morgan fingerprint density at radius 2 is 2.20 bits per heavy atom. The molecule has 4 heteroatoms. The van der Waals surface area contributed by atoms with Crippen LogP contribution in [0.3, 0.4) is 0 Å². The maximum atomic E-state index is 12.4. The molecule has 0 spiro atoms. The van der Waals surface area contributed by atoms with E-state index in [4.69, 9.17) is 0 Å². The van der Waals surface area contributed by atoms with Crippen LogP contribution in [0.4, 0.5) is 0 Å². The first-order valence-electron chi connectivity index (χ1n) is 7.92. The number of amides is 1. The zero-order valence-electron chi connectivity index (χ0n) is 12.9. The Bertz CT molecular complexity index is 455. The van der Waals surface area contributed by atoms with Crippen molar-refractivity contribution in [1.82, 2.24) is 10.3 Å². The smallest absolute Gasteiger partial charge is 0.263 e. The van der Waals surface area contributed by atoms with Crippen molar-refractivity contribution < 1.29 is 4.79 Å². The van der Waals surface area contributed by atoms with Gasteiger partial charge in [0.15, 0.2) is 0 Å². The number of unbranched alkanes of at least 4 members (excludes halogenated alkanes) is 1. The fourth-order valence-corrected chi connectivity index (χ4v) is 3.99. The third-order valence-electron chi connectivity index (χ3n) is 4.25. The highest BCUT2D eigenvalue weighted by Crippen LogP contribution is 2.30. The molecule has 1 aromatic rings. The molecule has 112 valence electrons. The standard InChI is InChI=1S/C16H26N2OS/c1-4-6-8-12-9-7-10-13(12)18-16(19)15-11(3)17-14(5-2)20-15/h12-13H,4-10H2,1-3H3,(H,18,19). The number of carbonyl (C=O) groups excluding carboxylic acids is 1. The number of rotatable bonds is 6. The van der Waals surface area contributed by atoms with Crippen molar-refractivity contribution in [2.24, 2.45) is 5.92 Å². The topological polar surface area (TPSA) is 42.0 Å². The predicted octanol–water partition coefficient (Wildman–Crippen LogP) is 4.10. The molecule has 2 atom stereocenters. The van der Waals surface area contributed by atoms with Gasteiger partial charge in [-0.15, -0.1) is 11.3 Å². The van der Waals surface area contributed by atoms with Gasteiger partial charge in [0.2, 0.25) is 0 Å². The molecule has 1 fully saturated rings. The fourth-order valence-electron chi connectivity index (χ4n) is 3.09. The van der Waals surface area contributed by atoms with E-state index in [-0.39, 0.29) is 5.91 Å². The minimum absolute atomic E-state index is 0.0908. The van der Waals surface area contributed by atoms with Crippen LogP contribution >= 0.6 is 11.3 Å². The molecule has 1 aliphatic carbocycles. The Morgan fingerprint density at radius 1 is 1.40 bits per heavy atom. The van der Waals surface area contributed by atoms with Gasteiger partial charge in [-0.05, 0) is 38.5 Å². The van der Waals surface area contributed by atoms with Crippen molar-refractivity contribution in [2.75, 3.05) is 0 Å². The summed E-state index contributed by atoms with van der Waals surface area (Å²) < 4.78 is 0. The number of aryl methyl sites for hydroxylation is 2. The summed E-state index contributed by atoms with van der Waals surface area (Å²) in [4.78, 5) is 17.7. The number of hydrogen-bond donors (Lipinski definition) is 1. The highest BCUT2D eigenvalue weighted by Gasteiger charge is 2.29. The summed E-state index contributed by atoms with van der Waals surface area (Å²) in [6.45, 7) is 6.25. The molecule has 1 N–H and O–H groups in total. The molecule has 1 saturated carbocycles. The lowest BCUT2D eigenvalue weighted by atomic mass is 9.97. The maximum absolute atomic E-state index is 12.4. The van der Waals surface area contributed by atoms with Gasteiger partial charge in [0, 0.05) is 6.04 Å². The molecule has 0 aromatic carbocycles. The quantitative estimate of drug-likeness (QED) is 0.858. The normalized spacial score (nSPS) is 22.1. The summed E-state index contributed by atoms with van der Waals surface area (Å²) in [5.41, 5.74) is 0.882. The van der Waals surface area contributed by atoms with E-state index in [1.165, 1.54) is 32.1 Å². The van der Waals surface area contributed by atoms with Crippen LogP contribution in [-0.4, -0.2) is 16.9 Å². The SMILES string of the molecule is CCCCC1CCCC1NC(=O)c1sc(CC)nc1C. The Balaban J connectivity index is 1.97. The number of hydrogen-bond acceptors (Lipinski definition) is 3. The monoisotopic (exact) mass is 294 g/mol. The van der Waals surface area contributed by atoms with Gasteiger partial charge in [-0.1, -0.05) is 33.1 Å². The minimum atomic E-state index is 0.0908. The minimum Gasteiger partial charge on any atom is -0.348 e. The summed E-state index contributed by atoms with van der Waals surface area (Å²) in [5.74, 6) is 0.769. The van der Waals surface area contributed by atoms with E-state index in [0.29, 0.717) is 12.0 Å². The second-order valence-corrected chi connectivity index (χ2v) is 6.87. The molecule has 0 aliphatic heterocycles. The fraction of sp³-hybridized carbons (Fsp3) is 0.750. The molecule has 2 unspecified atom stereocenters. The van der Waals surface area contributed by atoms with Crippen LogP contribution in [0.5, 0.6) is 0 Å². The van der Waals surface area contributed by atoms with E-state index in [2.05, 4.69) is 24.1 Å². The van der Waals surface area contributed by atoms with Crippen LogP contribution in [-0.2, 0) is 6.42 Å². The molecule has 2 rings (SSSR count). The van der Waals surface area contributed by atoms with E-state index >= 15 is 0 Å². The number of aromatic nitrogens is 1. The average molecular weight is 294 g/mol. The van der Waals surface area contributed by atoms with E-state index < -0.39 is 0 Å². The van der Waals surface area contributed by atoms with E-state index in [9.17, 15) is 4.79 Å². The lowest BCUT2D eigenvalue weighted by Gasteiger charge is -2.20. The van der Waals surface area contributed by atoms with Crippen molar-refractivity contribution in [3.05, 3.63) is 15.6 Å². The van der Waals surface area contributed by atoms with Crippen LogP contribution in [0.25, 0.3) is 0 Å². The lowest BCUT2D eigenvalue weighted by molar-refractivity contribution is 0.0930. The second kappa shape index (κ2) is 7.21. The number of nitrogens with zero attached hydrogens (tertiary/aromatic N) is 1. The molecule has 1 amide bonds. The van der Waals surface area contributed by atoms with E-state index in [1.54, 1.807) is 11.3 Å². The van der Waals surface area contributed by atoms with Gasteiger partial charge in [-0.25, -0.2) is 4.98 Å². The molecule has 1 aliphatic rings. The summed E-state index contributed by atoms with van der Waals surface area (Å²) >= 11 is 1.55. The van der Waals surface area contributed by atoms with Gasteiger partial charge in [-0.3, -0.25) is 4.79 Å². The van der Waals surface area contributed by atoms with Gasteiger partial charge >= 0.3 is 0 Å². The van der Waals surface area contributed by atoms with Crippen LogP contribution in [0.1, 0.15) is 72.7 Å². The molecular weight excluding hydrogens is 268 g/mol. The third kappa shape index (κ3) is 3.60.